The number of rotatable bonds is 23. The Morgan fingerprint density at radius 1 is 0.680 bits per heavy atom. The first-order chi connectivity index (χ1) is 59.0. The van der Waals surface area contributed by atoms with Gasteiger partial charge in [0.05, 0.1) is 104 Å². The number of thioether (sulfide) groups is 1. The standard InChI is InChI=1S/C21H22N2O3.C20H20N4O2S.C20H25NO3.C17H14Cl2F2N2O3.C16H21NO2/c1-14-3-4-16(11-20(14)26-18-9-10-25-13-18)19-12-22-23-21(19)15-5-7-17(24-2)8-6-15;1-12-5-8-17(25-3)15(9-12)19-21-22-20-24(19)23-16(11-27-20)14-7-6-13(2)18(10-14)26-4;1-14-6-7-16(12-18(14)24-17-4-2-3-5-17)20(13-21)10-8-15(9-11-20)19(22)23;18-11-6-22-7-12(19)15(11)23-16(24)10-3-4-13(26-17(20)21)14(5-10)25-8-9-1-2-9;1-11-6-7-12(13-9-16(18)17-10-13)8-15(11)19-14-4-2-3-5-14/h3-8,11-12,18,21H,9-10,13H2,1-2H3;5-10H,11H2,1-4H3;6-7,12,15,17H,2-5,8-11H2,1H3,(H,22,23);3-7,9,17H,1-2,8H2,(H,22,23,24);6-8,13-14H,2-5,9-10H2,1H3,(H,17,18). The van der Waals surface area contributed by atoms with Crippen molar-refractivity contribution < 1.29 is 70.9 Å². The number of benzene rings is 7. The second kappa shape index (κ2) is 41.6. The molecule has 3 atom stereocenters. The zero-order valence-electron chi connectivity index (χ0n) is 69.7. The summed E-state index contributed by atoms with van der Waals surface area (Å²) in [7, 11) is 5.01. The van der Waals surface area contributed by atoms with Gasteiger partial charge in [0.2, 0.25) is 11.1 Å². The van der Waals surface area contributed by atoms with Crippen LogP contribution in [0.4, 0.5) is 14.5 Å². The monoisotopic (exact) mass is 1720 g/mol. The molecule has 4 aliphatic heterocycles. The minimum Gasteiger partial charge on any atom is -0.497 e. The van der Waals surface area contributed by atoms with Crippen molar-refractivity contribution in [1.29, 1.82) is 5.26 Å². The van der Waals surface area contributed by atoms with E-state index in [-0.39, 0.29) is 56.8 Å². The van der Waals surface area contributed by atoms with E-state index in [1.807, 2.05) is 99.8 Å². The molecule has 6 fully saturated rings. The maximum absolute atomic E-state index is 12.6. The highest BCUT2D eigenvalue weighted by Gasteiger charge is 2.40. The number of carbonyl (C=O) groups is 3. The number of nitrogens with zero attached hydrogens (tertiary/aromatic N) is 8. The fourth-order valence-electron chi connectivity index (χ4n) is 15.5. The van der Waals surface area contributed by atoms with Crippen LogP contribution in [0, 0.1) is 57.8 Å². The number of nitriles is 1. The lowest BCUT2D eigenvalue weighted by molar-refractivity contribution is -0.143. The van der Waals surface area contributed by atoms with Crippen molar-refractivity contribution in [2.75, 3.05) is 58.8 Å². The molecule has 2 saturated heterocycles. The number of pyridine rings is 1. The number of aliphatic carboxylic acids is 1. The smallest absolute Gasteiger partial charge is 0.387 e. The molecule has 2 aromatic heterocycles. The molecule has 640 valence electrons. The molecule has 3 N–H and O–H groups in total. The van der Waals surface area contributed by atoms with Gasteiger partial charge in [-0.1, -0.05) is 107 Å². The number of methoxy groups -OCH3 is 3. The van der Waals surface area contributed by atoms with Crippen LogP contribution in [0.2, 0.25) is 10.0 Å². The lowest BCUT2D eigenvalue weighted by Gasteiger charge is -2.34. The normalized spacial score (nSPS) is 19.5. The summed E-state index contributed by atoms with van der Waals surface area (Å²) in [4.78, 5) is 38.8. The third-order valence-electron chi connectivity index (χ3n) is 23.0. The van der Waals surface area contributed by atoms with Crippen molar-refractivity contribution in [3.8, 4) is 63.5 Å². The molecular formula is C94H102Cl2F2N10O13S. The Morgan fingerprint density at radius 2 is 1.30 bits per heavy atom. The highest BCUT2D eigenvalue weighted by molar-refractivity contribution is 7.99. The number of aryl methyl sites for hydroxylation is 5. The Bertz CT molecular complexity index is 5300. The van der Waals surface area contributed by atoms with Gasteiger partial charge in [0.1, 0.15) is 46.6 Å². The molecular weight excluding hydrogens is 1620 g/mol. The summed E-state index contributed by atoms with van der Waals surface area (Å²) in [6, 6.07) is 45.2. The van der Waals surface area contributed by atoms with Crippen LogP contribution in [0.15, 0.2) is 173 Å². The number of azo groups is 1. The zero-order valence-corrected chi connectivity index (χ0v) is 72.1. The van der Waals surface area contributed by atoms with E-state index in [2.05, 4.69) is 103 Å². The third-order valence-corrected chi connectivity index (χ3v) is 24.5. The fraction of sp³-hybridized carbons (Fsp3) is 0.404. The van der Waals surface area contributed by atoms with Crippen molar-refractivity contribution in [2.45, 2.75) is 185 Å². The van der Waals surface area contributed by atoms with Gasteiger partial charge in [-0.2, -0.15) is 34.0 Å². The Balaban J connectivity index is 0.000000132. The number of hydrogen-bond donors (Lipinski definition) is 3. The number of fused-ring (bicyclic) bond motifs is 1. The van der Waals surface area contributed by atoms with Crippen molar-refractivity contribution >= 4 is 69.7 Å². The molecule has 28 heteroatoms. The summed E-state index contributed by atoms with van der Waals surface area (Å²) in [6.45, 7) is 9.83. The third kappa shape index (κ3) is 22.8. The van der Waals surface area contributed by atoms with Gasteiger partial charge in [0.25, 0.3) is 5.91 Å². The van der Waals surface area contributed by atoms with E-state index in [9.17, 15) is 33.5 Å². The number of ether oxygens (including phenoxy) is 9. The average Bonchev–Trinajstić information content (AvgIpc) is 1.60. The summed E-state index contributed by atoms with van der Waals surface area (Å²) in [5, 5.41) is 47.7. The minimum atomic E-state index is -2.99. The van der Waals surface area contributed by atoms with E-state index in [0.29, 0.717) is 75.2 Å². The van der Waals surface area contributed by atoms with E-state index in [4.69, 9.17) is 66.2 Å². The van der Waals surface area contributed by atoms with Gasteiger partial charge in [0.15, 0.2) is 17.3 Å². The predicted octanol–water partition coefficient (Wildman–Crippen LogP) is 21.0. The number of carbonyl (C=O) groups excluding carboxylic acids is 2. The molecule has 3 unspecified atom stereocenters. The molecule has 17 rings (SSSR count). The molecule has 9 aromatic rings. The second-order valence-electron chi connectivity index (χ2n) is 31.7. The number of anilines is 1. The van der Waals surface area contributed by atoms with E-state index < -0.39 is 23.9 Å². The summed E-state index contributed by atoms with van der Waals surface area (Å²) in [6.07, 6.45) is 20.8. The van der Waals surface area contributed by atoms with Crippen LogP contribution in [0.25, 0.3) is 17.0 Å². The molecule has 6 heterocycles. The van der Waals surface area contributed by atoms with Gasteiger partial charge < -0.3 is 58.4 Å². The summed E-state index contributed by atoms with van der Waals surface area (Å²) < 4.78 is 77.0. The number of alkyl halides is 2. The van der Waals surface area contributed by atoms with Crippen LogP contribution in [0.3, 0.4) is 0 Å². The molecule has 7 aromatic carbocycles. The van der Waals surface area contributed by atoms with Crippen molar-refractivity contribution in [1.82, 2.24) is 25.2 Å². The van der Waals surface area contributed by atoms with Crippen molar-refractivity contribution in [2.24, 2.45) is 27.2 Å². The van der Waals surface area contributed by atoms with Crippen LogP contribution in [-0.4, -0.2) is 127 Å². The number of aromatic nitrogens is 4. The summed E-state index contributed by atoms with van der Waals surface area (Å²) in [5.41, 5.74) is 13.7. The van der Waals surface area contributed by atoms with E-state index in [1.54, 1.807) is 37.8 Å². The molecule has 2 amide bonds. The average molecular weight is 1720 g/mol. The fourth-order valence-corrected chi connectivity index (χ4v) is 16.8. The Labute approximate surface area is 724 Å². The molecule has 8 aliphatic rings. The highest BCUT2D eigenvalue weighted by atomic mass is 35.5. The Hall–Kier alpha value is -11.1. The lowest BCUT2D eigenvalue weighted by Crippen LogP contribution is -2.33. The maximum Gasteiger partial charge on any atom is 0.387 e. The first kappa shape index (κ1) is 88.7. The number of carboxylic acid groups (broad SMARTS) is 1. The lowest BCUT2D eigenvalue weighted by atomic mass is 9.67. The van der Waals surface area contributed by atoms with Gasteiger partial charge in [0, 0.05) is 60.2 Å². The number of carboxylic acids is 1. The van der Waals surface area contributed by atoms with Gasteiger partial charge in [-0.05, 0) is 242 Å². The van der Waals surface area contributed by atoms with Gasteiger partial charge in [-0.25, -0.2) is 0 Å². The van der Waals surface area contributed by atoms with Crippen LogP contribution >= 0.6 is 35.0 Å². The summed E-state index contributed by atoms with van der Waals surface area (Å²) >= 11 is 13.6. The predicted molar refractivity (Wildman–Crippen MR) is 466 cm³/mol. The summed E-state index contributed by atoms with van der Waals surface area (Å²) in [5.74, 6) is 5.87. The van der Waals surface area contributed by atoms with Gasteiger partial charge in [-0.3, -0.25) is 19.4 Å². The number of amides is 2. The minimum absolute atomic E-state index is 0.0803. The first-order valence-corrected chi connectivity index (χ1v) is 43.1. The Kier molecular flexibility index (Phi) is 30.3. The second-order valence-corrected chi connectivity index (χ2v) is 33.5. The molecule has 23 nitrogen and oxygen atoms in total. The molecule has 122 heavy (non-hydrogen) atoms. The highest BCUT2D eigenvalue weighted by Crippen LogP contribution is 2.46. The SMILES string of the molecule is COc1cc(C2=Nn3c(nnc3-c3cc(C)ccc3OC)SC2)ccc1C.COc1ccc(C2N=NC=C2c2ccc(C)c(OC3CCOC3)c2)cc1.Cc1ccc(C2(C#N)CCC(C(=O)O)CC2)cc1OC1CCCC1.Cc1ccc(C2CNC(=O)C2)cc1OC1CCCC1.O=C(Nc1c(Cl)cncc1Cl)c1ccc(OC(F)F)c(OCC2CC2)c1. The van der Waals surface area contributed by atoms with Gasteiger partial charge in [-0.15, -0.1) is 10.2 Å². The van der Waals surface area contributed by atoms with Gasteiger partial charge >= 0.3 is 12.6 Å². The molecule has 4 saturated carbocycles. The topological polar surface area (TPSA) is 283 Å². The molecule has 0 radical (unpaired) electrons. The number of hydrogen-bond acceptors (Lipinski definition) is 20. The zero-order chi connectivity index (χ0) is 86.0. The van der Waals surface area contributed by atoms with Crippen LogP contribution in [-0.2, 0) is 19.7 Å². The number of halogens is 4. The van der Waals surface area contributed by atoms with Crippen molar-refractivity contribution in [3.05, 3.63) is 223 Å². The molecule has 0 spiro atoms. The quantitative estimate of drug-likeness (QED) is 0.0536. The maximum atomic E-state index is 12.6. The largest absolute Gasteiger partial charge is 0.497 e. The molecule has 4 aliphatic carbocycles. The van der Waals surface area contributed by atoms with Crippen molar-refractivity contribution in [3.63, 3.8) is 0 Å². The van der Waals surface area contributed by atoms with E-state index in [1.165, 1.54) is 80.2 Å². The van der Waals surface area contributed by atoms with Crippen LogP contribution in [0.5, 0.6) is 46.0 Å². The Morgan fingerprint density at radius 3 is 1.93 bits per heavy atom. The first-order valence-electron chi connectivity index (χ1n) is 41.4. The van der Waals surface area contributed by atoms with E-state index in [0.717, 1.165) is 152 Å². The van der Waals surface area contributed by atoms with E-state index >= 15 is 0 Å². The van der Waals surface area contributed by atoms with Crippen LogP contribution in [0.1, 0.15) is 181 Å². The van der Waals surface area contributed by atoms with Crippen LogP contribution < -0.4 is 48.5 Å². The molecule has 0 bridgehead atoms. The number of nitrogens with one attached hydrogen (secondary N) is 2.